The molecule has 0 radical (unpaired) electrons. The summed E-state index contributed by atoms with van der Waals surface area (Å²) in [6, 6.07) is 12.6. The Morgan fingerprint density at radius 2 is 1.70 bits per heavy atom. The molecule has 3 nitrogen and oxygen atoms in total. The van der Waals surface area contributed by atoms with Gasteiger partial charge in [0, 0.05) is 41.8 Å². The van der Waals surface area contributed by atoms with Crippen molar-refractivity contribution < 1.29 is 18.0 Å². The lowest BCUT2D eigenvalue weighted by Gasteiger charge is -2.36. The zero-order valence-corrected chi connectivity index (χ0v) is 15.9. The molecule has 0 saturated carbocycles. The Morgan fingerprint density at radius 3 is 2.33 bits per heavy atom. The number of nitrogens with zero attached hydrogens (tertiary/aromatic N) is 2. The highest BCUT2D eigenvalue weighted by Crippen LogP contribution is 2.32. The first kappa shape index (κ1) is 19.9. The molecule has 1 saturated heterocycles. The van der Waals surface area contributed by atoms with Gasteiger partial charge in [-0.25, -0.2) is 0 Å². The summed E-state index contributed by atoms with van der Waals surface area (Å²) in [5.41, 5.74) is -0.120. The normalized spacial score (nSPS) is 15.1. The molecule has 2 aromatic rings. The van der Waals surface area contributed by atoms with Crippen LogP contribution in [0.5, 0.6) is 0 Å². The van der Waals surface area contributed by atoms with Gasteiger partial charge in [-0.2, -0.15) is 13.2 Å². The molecule has 0 bridgehead atoms. The lowest BCUT2D eigenvalue weighted by Crippen LogP contribution is -2.49. The lowest BCUT2D eigenvalue weighted by molar-refractivity contribution is -0.137. The number of hydrogen-bond acceptors (Lipinski definition) is 3. The number of carbonyl (C=O) groups is 1. The van der Waals surface area contributed by atoms with Crippen LogP contribution in [0.15, 0.2) is 53.4 Å². The van der Waals surface area contributed by atoms with Gasteiger partial charge in [0.1, 0.15) is 0 Å². The van der Waals surface area contributed by atoms with E-state index < -0.39 is 11.7 Å². The molecule has 1 amide bonds. The summed E-state index contributed by atoms with van der Waals surface area (Å²) in [7, 11) is 0. The number of benzene rings is 2. The van der Waals surface area contributed by atoms with Crippen LogP contribution in [0.1, 0.15) is 5.56 Å². The second kappa shape index (κ2) is 8.44. The third-order valence-electron chi connectivity index (χ3n) is 4.35. The minimum absolute atomic E-state index is 0.0265. The van der Waals surface area contributed by atoms with Crippen LogP contribution < -0.4 is 4.90 Å². The van der Waals surface area contributed by atoms with Crippen LogP contribution in [0.2, 0.25) is 5.02 Å². The Labute approximate surface area is 165 Å². The molecule has 3 rings (SSSR count). The van der Waals surface area contributed by atoms with Crippen molar-refractivity contribution in [2.45, 2.75) is 11.1 Å². The maximum absolute atomic E-state index is 12.9. The first-order valence-corrected chi connectivity index (χ1v) is 9.77. The summed E-state index contributed by atoms with van der Waals surface area (Å²) in [4.78, 5) is 17.0. The molecule has 144 valence electrons. The number of rotatable bonds is 4. The van der Waals surface area contributed by atoms with Crippen LogP contribution >= 0.6 is 23.4 Å². The van der Waals surface area contributed by atoms with Gasteiger partial charge in [-0.3, -0.25) is 4.79 Å². The van der Waals surface area contributed by atoms with Crippen molar-refractivity contribution in [2.75, 3.05) is 36.8 Å². The Balaban J connectivity index is 1.52. The van der Waals surface area contributed by atoms with Crippen LogP contribution in [-0.2, 0) is 11.0 Å². The molecule has 8 heteroatoms. The predicted octanol–water partition coefficient (Wildman–Crippen LogP) is 4.80. The smallest absolute Gasteiger partial charge is 0.368 e. The van der Waals surface area contributed by atoms with E-state index in [1.54, 1.807) is 23.1 Å². The zero-order valence-electron chi connectivity index (χ0n) is 14.4. The number of piperazine rings is 1. The number of amides is 1. The summed E-state index contributed by atoms with van der Waals surface area (Å²) >= 11 is 7.29. The van der Waals surface area contributed by atoms with Crippen molar-refractivity contribution in [3.05, 3.63) is 59.1 Å². The monoisotopic (exact) mass is 414 g/mol. The summed E-state index contributed by atoms with van der Waals surface area (Å²) in [5, 5.41) is 0.649. The third-order valence-corrected chi connectivity index (χ3v) is 5.60. The van der Waals surface area contributed by atoms with Gasteiger partial charge in [-0.05, 0) is 42.5 Å². The van der Waals surface area contributed by atoms with Gasteiger partial charge in [0.15, 0.2) is 0 Å². The quantitative estimate of drug-likeness (QED) is 0.671. The highest BCUT2D eigenvalue weighted by Gasteiger charge is 2.31. The van der Waals surface area contributed by atoms with Crippen LogP contribution in [0, 0.1) is 0 Å². The molecule has 2 aromatic carbocycles. The Kier molecular flexibility index (Phi) is 6.22. The van der Waals surface area contributed by atoms with Crippen molar-refractivity contribution in [3.63, 3.8) is 0 Å². The van der Waals surface area contributed by atoms with Crippen molar-refractivity contribution >= 4 is 35.0 Å². The molecule has 0 spiro atoms. The van der Waals surface area contributed by atoms with Gasteiger partial charge < -0.3 is 9.80 Å². The maximum atomic E-state index is 12.9. The van der Waals surface area contributed by atoms with E-state index in [0.717, 1.165) is 17.0 Å². The van der Waals surface area contributed by atoms with E-state index in [9.17, 15) is 18.0 Å². The minimum atomic E-state index is -4.35. The van der Waals surface area contributed by atoms with Crippen molar-refractivity contribution in [2.24, 2.45) is 0 Å². The van der Waals surface area contributed by atoms with Gasteiger partial charge in [-0.15, -0.1) is 11.8 Å². The summed E-state index contributed by atoms with van der Waals surface area (Å²) < 4.78 is 38.6. The van der Waals surface area contributed by atoms with Gasteiger partial charge in [0.05, 0.1) is 11.3 Å². The van der Waals surface area contributed by atoms with Crippen LogP contribution in [0.25, 0.3) is 0 Å². The topological polar surface area (TPSA) is 23.6 Å². The fourth-order valence-corrected chi connectivity index (χ4v) is 3.79. The SMILES string of the molecule is O=C(CSc1ccc(Cl)cc1)N1CCN(c2cccc(C(F)(F)F)c2)CC1. The molecule has 0 unspecified atom stereocenters. The Morgan fingerprint density at radius 1 is 1.04 bits per heavy atom. The summed E-state index contributed by atoms with van der Waals surface area (Å²) in [5.74, 6) is 0.351. The molecular weight excluding hydrogens is 397 g/mol. The molecule has 1 heterocycles. The Bertz CT molecular complexity index is 790. The fraction of sp³-hybridized carbons (Fsp3) is 0.316. The van der Waals surface area contributed by atoms with Gasteiger partial charge in [0.25, 0.3) is 0 Å². The minimum Gasteiger partial charge on any atom is -0.368 e. The van der Waals surface area contributed by atoms with E-state index in [0.29, 0.717) is 42.6 Å². The first-order chi connectivity index (χ1) is 12.8. The number of alkyl halides is 3. The molecule has 0 aliphatic carbocycles. The molecule has 0 aromatic heterocycles. The maximum Gasteiger partial charge on any atom is 0.416 e. The highest BCUT2D eigenvalue weighted by atomic mass is 35.5. The molecule has 0 N–H and O–H groups in total. The average Bonchev–Trinajstić information content (AvgIpc) is 2.67. The number of carbonyl (C=O) groups excluding carboxylic acids is 1. The van der Waals surface area contributed by atoms with Gasteiger partial charge in [-0.1, -0.05) is 17.7 Å². The van der Waals surface area contributed by atoms with E-state index in [2.05, 4.69) is 0 Å². The van der Waals surface area contributed by atoms with Crippen LogP contribution in [0.4, 0.5) is 18.9 Å². The van der Waals surface area contributed by atoms with Gasteiger partial charge >= 0.3 is 6.18 Å². The van der Waals surface area contributed by atoms with Crippen LogP contribution in [-0.4, -0.2) is 42.7 Å². The molecule has 1 fully saturated rings. The van der Waals surface area contributed by atoms with E-state index in [1.807, 2.05) is 17.0 Å². The molecule has 1 aliphatic heterocycles. The average molecular weight is 415 g/mol. The van der Waals surface area contributed by atoms with Crippen molar-refractivity contribution in [1.82, 2.24) is 4.90 Å². The van der Waals surface area contributed by atoms with E-state index in [-0.39, 0.29) is 5.91 Å². The first-order valence-electron chi connectivity index (χ1n) is 8.41. The largest absolute Gasteiger partial charge is 0.416 e. The number of hydrogen-bond donors (Lipinski definition) is 0. The molecule has 27 heavy (non-hydrogen) atoms. The third kappa shape index (κ3) is 5.32. The van der Waals surface area contributed by atoms with E-state index in [1.165, 1.54) is 17.8 Å². The van der Waals surface area contributed by atoms with Crippen molar-refractivity contribution in [1.29, 1.82) is 0 Å². The number of thioether (sulfide) groups is 1. The van der Waals surface area contributed by atoms with Gasteiger partial charge in [0.2, 0.25) is 5.91 Å². The summed E-state index contributed by atoms with van der Waals surface area (Å²) in [6.45, 7) is 2.02. The number of anilines is 1. The highest BCUT2D eigenvalue weighted by molar-refractivity contribution is 8.00. The van der Waals surface area contributed by atoms with Crippen LogP contribution in [0.3, 0.4) is 0 Å². The van der Waals surface area contributed by atoms with Crippen molar-refractivity contribution in [3.8, 4) is 0 Å². The molecular formula is C19H18ClF3N2OS. The molecule has 0 atom stereocenters. The van der Waals surface area contributed by atoms with E-state index >= 15 is 0 Å². The number of halogens is 4. The standard InChI is InChI=1S/C19H18ClF3N2OS/c20-15-4-6-17(7-5-15)27-13-18(26)25-10-8-24(9-11-25)16-3-1-2-14(12-16)19(21,22)23/h1-7,12H,8-11,13H2. The fourth-order valence-electron chi connectivity index (χ4n) is 2.86. The lowest BCUT2D eigenvalue weighted by atomic mass is 10.1. The predicted molar refractivity (Wildman–Crippen MR) is 102 cm³/mol. The second-order valence-corrected chi connectivity index (χ2v) is 7.64. The van der Waals surface area contributed by atoms with E-state index in [4.69, 9.17) is 11.6 Å². The second-order valence-electron chi connectivity index (χ2n) is 6.16. The zero-order chi connectivity index (χ0) is 19.4. The molecule has 1 aliphatic rings. The summed E-state index contributed by atoms with van der Waals surface area (Å²) in [6.07, 6.45) is -4.35. The Hall–Kier alpha value is -1.86.